The maximum atomic E-state index is 13.2. The van der Waals surface area contributed by atoms with Gasteiger partial charge < -0.3 is 14.7 Å². The molecule has 0 saturated heterocycles. The zero-order valence-electron chi connectivity index (χ0n) is 15.1. The largest absolute Gasteiger partial charge is 0.460 e. The molecule has 3 aliphatic rings. The Morgan fingerprint density at radius 1 is 1.33 bits per heavy atom. The standard InChI is InChI=1S/C21H20N2O4/c1-2-21(26)9-18(24)27-11-14-15(21)8-17-19-13(10-23(17)20(14)25)7-12-5-3-4-6-16(12)22-19/h3-7,17,26H,2,8-11H2,1H3. The summed E-state index contributed by atoms with van der Waals surface area (Å²) in [6, 6.07) is 9.80. The number of fused-ring (bicyclic) bond motifs is 4. The maximum absolute atomic E-state index is 13.2. The molecule has 1 amide bonds. The van der Waals surface area contributed by atoms with E-state index >= 15 is 0 Å². The number of hydrogen-bond acceptors (Lipinski definition) is 5. The van der Waals surface area contributed by atoms with Crippen molar-refractivity contribution in [2.75, 3.05) is 6.61 Å². The van der Waals surface area contributed by atoms with E-state index in [0.717, 1.165) is 22.2 Å². The summed E-state index contributed by atoms with van der Waals surface area (Å²) in [6.45, 7) is 2.25. The van der Waals surface area contributed by atoms with Crippen LogP contribution in [0.4, 0.5) is 0 Å². The molecule has 0 bridgehead atoms. The monoisotopic (exact) mass is 364 g/mol. The number of aliphatic hydroxyl groups is 1. The molecule has 0 fully saturated rings. The number of pyridine rings is 1. The Morgan fingerprint density at radius 2 is 2.15 bits per heavy atom. The SMILES string of the molecule is CCC1(O)CC(=O)OCC2=C1CC1c3nc4ccccc4cc3CN1C2=O. The van der Waals surface area contributed by atoms with Gasteiger partial charge in [0.2, 0.25) is 0 Å². The quantitative estimate of drug-likeness (QED) is 0.786. The molecule has 1 aromatic carbocycles. The summed E-state index contributed by atoms with van der Waals surface area (Å²) in [5.74, 6) is -0.629. The summed E-state index contributed by atoms with van der Waals surface area (Å²) in [5, 5.41) is 12.2. The predicted octanol–water partition coefficient (Wildman–Crippen LogP) is 2.41. The summed E-state index contributed by atoms with van der Waals surface area (Å²) in [5.41, 5.74) is 2.58. The van der Waals surface area contributed by atoms with Crippen molar-refractivity contribution in [1.29, 1.82) is 0 Å². The minimum atomic E-state index is -1.33. The number of benzene rings is 1. The minimum absolute atomic E-state index is 0.0652. The van der Waals surface area contributed by atoms with Crippen LogP contribution in [0.2, 0.25) is 0 Å². The van der Waals surface area contributed by atoms with Crippen LogP contribution in [0.25, 0.3) is 10.9 Å². The lowest BCUT2D eigenvalue weighted by molar-refractivity contribution is -0.146. The predicted molar refractivity (Wildman–Crippen MR) is 97.5 cm³/mol. The Labute approximate surface area is 156 Å². The molecule has 2 unspecified atom stereocenters. The van der Waals surface area contributed by atoms with Crippen molar-refractivity contribution in [3.63, 3.8) is 0 Å². The molecule has 4 heterocycles. The van der Waals surface area contributed by atoms with Crippen LogP contribution >= 0.6 is 0 Å². The first-order valence-corrected chi connectivity index (χ1v) is 9.30. The van der Waals surface area contributed by atoms with Crippen molar-refractivity contribution < 1.29 is 19.4 Å². The van der Waals surface area contributed by atoms with E-state index in [9.17, 15) is 14.7 Å². The van der Waals surface area contributed by atoms with Gasteiger partial charge in [0.05, 0.1) is 34.8 Å². The van der Waals surface area contributed by atoms with Gasteiger partial charge in [0, 0.05) is 11.9 Å². The van der Waals surface area contributed by atoms with Crippen LogP contribution in [0.15, 0.2) is 41.5 Å². The molecule has 27 heavy (non-hydrogen) atoms. The van der Waals surface area contributed by atoms with Crippen molar-refractivity contribution >= 4 is 22.8 Å². The Morgan fingerprint density at radius 3 is 2.96 bits per heavy atom. The van der Waals surface area contributed by atoms with E-state index in [2.05, 4.69) is 6.07 Å². The fourth-order valence-electron chi connectivity index (χ4n) is 4.58. The van der Waals surface area contributed by atoms with Crippen LogP contribution in [-0.2, 0) is 20.9 Å². The first-order valence-electron chi connectivity index (χ1n) is 9.30. The molecule has 0 radical (unpaired) electrons. The zero-order valence-corrected chi connectivity index (χ0v) is 15.1. The maximum Gasteiger partial charge on any atom is 0.309 e. The van der Waals surface area contributed by atoms with E-state index in [1.807, 2.05) is 31.2 Å². The topological polar surface area (TPSA) is 79.7 Å². The molecule has 2 atom stereocenters. The van der Waals surface area contributed by atoms with Gasteiger partial charge in [-0.1, -0.05) is 25.1 Å². The van der Waals surface area contributed by atoms with Gasteiger partial charge in [-0.3, -0.25) is 14.6 Å². The van der Waals surface area contributed by atoms with Gasteiger partial charge >= 0.3 is 5.97 Å². The van der Waals surface area contributed by atoms with Crippen molar-refractivity contribution in [2.24, 2.45) is 0 Å². The van der Waals surface area contributed by atoms with Gasteiger partial charge in [-0.25, -0.2) is 0 Å². The number of ether oxygens (including phenoxy) is 1. The smallest absolute Gasteiger partial charge is 0.309 e. The number of carbonyl (C=O) groups is 2. The molecule has 0 spiro atoms. The average Bonchev–Trinajstić information content (AvgIpc) is 2.96. The lowest BCUT2D eigenvalue weighted by Crippen LogP contribution is -2.42. The second kappa shape index (κ2) is 5.63. The third kappa shape index (κ3) is 2.33. The highest BCUT2D eigenvalue weighted by Gasteiger charge is 2.48. The van der Waals surface area contributed by atoms with E-state index < -0.39 is 11.6 Å². The number of amides is 1. The van der Waals surface area contributed by atoms with E-state index in [-0.39, 0.29) is 25.0 Å². The third-order valence-corrected chi connectivity index (χ3v) is 6.11. The average molecular weight is 364 g/mol. The van der Waals surface area contributed by atoms with Crippen LogP contribution in [0, 0.1) is 0 Å². The fraction of sp³-hybridized carbons (Fsp3) is 0.381. The normalized spacial score (nSPS) is 27.2. The number of rotatable bonds is 1. The van der Waals surface area contributed by atoms with Crippen LogP contribution in [0.3, 0.4) is 0 Å². The van der Waals surface area contributed by atoms with E-state index in [1.165, 1.54) is 0 Å². The number of aromatic nitrogens is 1. The van der Waals surface area contributed by atoms with Gasteiger partial charge in [-0.15, -0.1) is 0 Å². The zero-order chi connectivity index (χ0) is 18.8. The third-order valence-electron chi connectivity index (χ3n) is 6.11. The Kier molecular flexibility index (Phi) is 3.43. The molecule has 138 valence electrons. The highest BCUT2D eigenvalue weighted by atomic mass is 16.5. The molecule has 1 N–H and O–H groups in total. The summed E-state index contributed by atoms with van der Waals surface area (Å²) in [7, 11) is 0. The second-order valence-corrected chi connectivity index (χ2v) is 7.56. The van der Waals surface area contributed by atoms with Crippen molar-refractivity contribution in [1.82, 2.24) is 9.88 Å². The van der Waals surface area contributed by atoms with Crippen LogP contribution in [0.5, 0.6) is 0 Å². The molecule has 0 aliphatic carbocycles. The van der Waals surface area contributed by atoms with Crippen molar-refractivity contribution in [2.45, 2.75) is 44.4 Å². The fourth-order valence-corrected chi connectivity index (χ4v) is 4.58. The molecule has 3 aliphatic heterocycles. The van der Waals surface area contributed by atoms with Crippen LogP contribution in [0.1, 0.15) is 43.5 Å². The van der Waals surface area contributed by atoms with Gasteiger partial charge in [-0.05, 0) is 36.1 Å². The molecule has 0 saturated carbocycles. The lowest BCUT2D eigenvalue weighted by atomic mass is 9.79. The summed E-state index contributed by atoms with van der Waals surface area (Å²) < 4.78 is 5.21. The molecule has 6 nitrogen and oxygen atoms in total. The number of para-hydroxylation sites is 1. The van der Waals surface area contributed by atoms with Gasteiger partial charge in [0.15, 0.2) is 0 Å². The Balaban J connectivity index is 1.63. The highest BCUT2D eigenvalue weighted by Crippen LogP contribution is 2.47. The molecule has 6 heteroatoms. The van der Waals surface area contributed by atoms with Crippen LogP contribution in [-0.4, -0.2) is 39.1 Å². The number of carbonyl (C=O) groups excluding carboxylic acids is 2. The first kappa shape index (κ1) is 16.4. The molecule has 5 rings (SSSR count). The van der Waals surface area contributed by atoms with E-state index in [0.29, 0.717) is 30.5 Å². The molecule has 1 aromatic heterocycles. The highest BCUT2D eigenvalue weighted by molar-refractivity contribution is 5.98. The molecular weight excluding hydrogens is 344 g/mol. The lowest BCUT2D eigenvalue weighted by Gasteiger charge is -2.37. The Bertz CT molecular complexity index is 1030. The van der Waals surface area contributed by atoms with Gasteiger partial charge in [0.25, 0.3) is 5.91 Å². The number of nitrogens with zero attached hydrogens (tertiary/aromatic N) is 2. The summed E-state index contributed by atoms with van der Waals surface area (Å²) in [4.78, 5) is 31.8. The first-order chi connectivity index (χ1) is 13.0. The summed E-state index contributed by atoms with van der Waals surface area (Å²) in [6.07, 6.45) is 0.736. The number of esters is 1. The second-order valence-electron chi connectivity index (χ2n) is 7.56. The minimum Gasteiger partial charge on any atom is -0.460 e. The summed E-state index contributed by atoms with van der Waals surface area (Å²) >= 11 is 0. The van der Waals surface area contributed by atoms with Crippen molar-refractivity contribution in [3.05, 3.63) is 52.7 Å². The van der Waals surface area contributed by atoms with Gasteiger partial charge in [0.1, 0.15) is 6.61 Å². The molecule has 2 aromatic rings. The Hall–Kier alpha value is -2.73. The number of hydrogen-bond donors (Lipinski definition) is 1. The van der Waals surface area contributed by atoms with E-state index in [1.54, 1.807) is 4.90 Å². The van der Waals surface area contributed by atoms with E-state index in [4.69, 9.17) is 9.72 Å². The van der Waals surface area contributed by atoms with Crippen LogP contribution < -0.4 is 0 Å². The van der Waals surface area contributed by atoms with Gasteiger partial charge in [-0.2, -0.15) is 0 Å². The molecular formula is C21H20N2O4. The van der Waals surface area contributed by atoms with Crippen molar-refractivity contribution in [3.8, 4) is 0 Å². The number of cyclic esters (lactones) is 1.